The third-order valence-electron chi connectivity index (χ3n) is 2.47. The van der Waals surface area contributed by atoms with Crippen molar-refractivity contribution in [1.29, 1.82) is 0 Å². The zero-order valence-electron chi connectivity index (χ0n) is 12.6. The van der Waals surface area contributed by atoms with Crippen LogP contribution in [0.25, 0.3) is 10.4 Å². The lowest BCUT2D eigenvalue weighted by Crippen LogP contribution is -2.19. The Balaban J connectivity index is 3.11. The van der Waals surface area contributed by atoms with Crippen molar-refractivity contribution >= 4 is 34.9 Å². The zero-order valence-corrected chi connectivity index (χ0v) is 13.3. The average molecular weight is 339 g/mol. The molecule has 122 valence electrons. The average Bonchev–Trinajstić information content (AvgIpc) is 2.50. The highest BCUT2D eigenvalue weighted by Gasteiger charge is 2.21. The summed E-state index contributed by atoms with van der Waals surface area (Å²) in [6, 6.07) is 4.53. The van der Waals surface area contributed by atoms with Crippen molar-refractivity contribution in [1.82, 2.24) is 0 Å². The topological polar surface area (TPSA) is 113 Å². The van der Waals surface area contributed by atoms with Gasteiger partial charge in [0, 0.05) is 21.8 Å². The van der Waals surface area contributed by atoms with E-state index in [2.05, 4.69) is 15.3 Å². The number of azide groups is 1. The van der Waals surface area contributed by atoms with Crippen molar-refractivity contribution in [3.05, 3.63) is 45.4 Å². The molecule has 1 N–H and O–H groups in total. The highest BCUT2D eigenvalue weighted by atomic mass is 35.5. The van der Waals surface area contributed by atoms with Gasteiger partial charge >= 0.3 is 11.9 Å². The molecule has 1 aromatic rings. The van der Waals surface area contributed by atoms with Crippen LogP contribution in [0.1, 0.15) is 13.8 Å². The van der Waals surface area contributed by atoms with Crippen LogP contribution in [0.15, 0.2) is 35.1 Å². The van der Waals surface area contributed by atoms with Gasteiger partial charge in [-0.1, -0.05) is 16.7 Å². The number of halogens is 1. The standard InChI is InChI=1S/C14H15ClN4O4/c1-3-22-13(20)10(14(21)23-4-2)8-17-11-6-5-9(15)7-12(11)18-19-16/h5-8,17H,3-4H2,1-2H3. The lowest BCUT2D eigenvalue weighted by molar-refractivity contribution is -0.146. The Hall–Kier alpha value is -2.70. The third kappa shape index (κ3) is 5.54. The molecule has 0 amide bonds. The Morgan fingerprint density at radius 1 is 1.30 bits per heavy atom. The number of esters is 2. The van der Waals surface area contributed by atoms with Crippen LogP contribution in [0, 0.1) is 0 Å². The molecular formula is C14H15ClN4O4. The fourth-order valence-corrected chi connectivity index (χ4v) is 1.69. The van der Waals surface area contributed by atoms with E-state index in [0.717, 1.165) is 6.20 Å². The molecule has 0 heterocycles. The van der Waals surface area contributed by atoms with E-state index >= 15 is 0 Å². The molecule has 1 rings (SSSR count). The molecule has 0 aliphatic rings. The van der Waals surface area contributed by atoms with E-state index in [9.17, 15) is 9.59 Å². The predicted octanol–water partition coefficient (Wildman–Crippen LogP) is 3.70. The van der Waals surface area contributed by atoms with Crippen molar-refractivity contribution < 1.29 is 19.1 Å². The molecule has 0 radical (unpaired) electrons. The minimum atomic E-state index is -0.822. The Morgan fingerprint density at radius 2 is 1.91 bits per heavy atom. The number of hydrogen-bond donors (Lipinski definition) is 1. The lowest BCUT2D eigenvalue weighted by Gasteiger charge is -2.09. The number of benzene rings is 1. The maximum absolute atomic E-state index is 11.8. The molecule has 0 unspecified atom stereocenters. The van der Waals surface area contributed by atoms with E-state index in [1.165, 1.54) is 12.1 Å². The summed E-state index contributed by atoms with van der Waals surface area (Å²) in [5, 5.41) is 6.57. The molecule has 0 aliphatic carbocycles. The van der Waals surface area contributed by atoms with Gasteiger partial charge in [-0.15, -0.1) is 0 Å². The summed E-state index contributed by atoms with van der Waals surface area (Å²) in [6.45, 7) is 3.46. The SMILES string of the molecule is CCOC(=O)C(=CNc1ccc(Cl)cc1N=[N+]=[N-])C(=O)OCC. The largest absolute Gasteiger partial charge is 0.462 e. The monoisotopic (exact) mass is 338 g/mol. The highest BCUT2D eigenvalue weighted by Crippen LogP contribution is 2.28. The second-order valence-electron chi connectivity index (χ2n) is 3.99. The summed E-state index contributed by atoms with van der Waals surface area (Å²) in [6.07, 6.45) is 1.13. The van der Waals surface area contributed by atoms with Gasteiger partial charge in [0.15, 0.2) is 5.57 Å². The summed E-state index contributed by atoms with van der Waals surface area (Å²) in [4.78, 5) is 26.3. The number of anilines is 1. The van der Waals surface area contributed by atoms with Crippen LogP contribution in [-0.4, -0.2) is 25.2 Å². The number of rotatable bonds is 7. The van der Waals surface area contributed by atoms with Gasteiger partial charge in [-0.25, -0.2) is 9.59 Å². The van der Waals surface area contributed by atoms with Gasteiger partial charge in [0.05, 0.1) is 18.9 Å². The fraction of sp³-hybridized carbons (Fsp3) is 0.286. The molecule has 0 aromatic heterocycles. The number of ether oxygens (including phenoxy) is 2. The summed E-state index contributed by atoms with van der Waals surface area (Å²) >= 11 is 5.82. The molecule has 0 spiro atoms. The van der Waals surface area contributed by atoms with E-state index in [4.69, 9.17) is 26.6 Å². The second-order valence-corrected chi connectivity index (χ2v) is 4.43. The van der Waals surface area contributed by atoms with E-state index in [1.54, 1.807) is 19.9 Å². The Kier molecular flexibility index (Phi) is 7.45. The van der Waals surface area contributed by atoms with Crippen molar-refractivity contribution in [2.24, 2.45) is 5.11 Å². The van der Waals surface area contributed by atoms with E-state index in [0.29, 0.717) is 10.7 Å². The van der Waals surface area contributed by atoms with Crippen LogP contribution in [-0.2, 0) is 19.1 Å². The van der Waals surface area contributed by atoms with Gasteiger partial charge in [0.1, 0.15) is 0 Å². The first-order valence-electron chi connectivity index (χ1n) is 6.69. The summed E-state index contributed by atoms with van der Waals surface area (Å²) in [5.41, 5.74) is 8.81. The molecule has 0 saturated carbocycles. The Bertz CT molecular complexity index is 649. The molecule has 8 nitrogen and oxygen atoms in total. The van der Waals surface area contributed by atoms with Gasteiger partial charge in [0.2, 0.25) is 0 Å². The first kappa shape index (κ1) is 18.3. The zero-order chi connectivity index (χ0) is 17.2. The molecule has 0 aliphatic heterocycles. The van der Waals surface area contributed by atoms with Crippen LogP contribution >= 0.6 is 11.6 Å². The molecule has 0 bridgehead atoms. The molecule has 0 atom stereocenters. The molecular weight excluding hydrogens is 324 g/mol. The predicted molar refractivity (Wildman–Crippen MR) is 85.2 cm³/mol. The van der Waals surface area contributed by atoms with Crippen molar-refractivity contribution in [3.8, 4) is 0 Å². The summed E-state index contributed by atoms with van der Waals surface area (Å²) in [5.74, 6) is -1.64. The number of nitrogens with zero attached hydrogens (tertiary/aromatic N) is 3. The smallest absolute Gasteiger partial charge is 0.347 e. The number of carbonyl (C=O) groups excluding carboxylic acids is 2. The Labute approximate surface area is 137 Å². The molecule has 0 fully saturated rings. The number of carbonyl (C=O) groups is 2. The highest BCUT2D eigenvalue weighted by molar-refractivity contribution is 6.31. The minimum absolute atomic E-state index is 0.112. The lowest BCUT2D eigenvalue weighted by atomic mass is 10.2. The molecule has 1 aromatic carbocycles. The van der Waals surface area contributed by atoms with Crippen LogP contribution in [0.5, 0.6) is 0 Å². The third-order valence-corrected chi connectivity index (χ3v) is 2.71. The van der Waals surface area contributed by atoms with Gasteiger partial charge in [-0.3, -0.25) is 0 Å². The van der Waals surface area contributed by atoms with Crippen LogP contribution in [0.3, 0.4) is 0 Å². The first-order chi connectivity index (χ1) is 11.0. The molecule has 9 heteroatoms. The van der Waals surface area contributed by atoms with Crippen LogP contribution in [0.2, 0.25) is 5.02 Å². The number of nitrogens with one attached hydrogen (secondary N) is 1. The Morgan fingerprint density at radius 3 is 2.43 bits per heavy atom. The van der Waals surface area contributed by atoms with Crippen molar-refractivity contribution in [2.45, 2.75) is 13.8 Å². The summed E-state index contributed by atoms with van der Waals surface area (Å²) in [7, 11) is 0. The maximum atomic E-state index is 11.8. The van der Waals surface area contributed by atoms with Crippen molar-refractivity contribution in [2.75, 3.05) is 18.5 Å². The van der Waals surface area contributed by atoms with E-state index in [-0.39, 0.29) is 24.5 Å². The van der Waals surface area contributed by atoms with Crippen LogP contribution in [0.4, 0.5) is 11.4 Å². The number of hydrogen-bond acceptors (Lipinski definition) is 6. The van der Waals surface area contributed by atoms with Gasteiger partial charge < -0.3 is 14.8 Å². The fourth-order valence-electron chi connectivity index (χ4n) is 1.53. The normalized spacial score (nSPS) is 9.35. The van der Waals surface area contributed by atoms with Crippen LogP contribution < -0.4 is 5.32 Å². The van der Waals surface area contributed by atoms with Gasteiger partial charge in [-0.2, -0.15) is 0 Å². The van der Waals surface area contributed by atoms with Crippen molar-refractivity contribution in [3.63, 3.8) is 0 Å². The van der Waals surface area contributed by atoms with E-state index in [1.807, 2.05) is 0 Å². The minimum Gasteiger partial charge on any atom is -0.462 e. The van der Waals surface area contributed by atoms with Gasteiger partial charge in [0.25, 0.3) is 0 Å². The molecule has 23 heavy (non-hydrogen) atoms. The maximum Gasteiger partial charge on any atom is 0.347 e. The van der Waals surface area contributed by atoms with E-state index < -0.39 is 11.9 Å². The summed E-state index contributed by atoms with van der Waals surface area (Å²) < 4.78 is 9.61. The quantitative estimate of drug-likeness (QED) is 0.155. The molecule has 0 saturated heterocycles. The second kappa shape index (κ2) is 9.34. The first-order valence-corrected chi connectivity index (χ1v) is 7.06. The van der Waals surface area contributed by atoms with Gasteiger partial charge in [-0.05, 0) is 37.6 Å².